The topological polar surface area (TPSA) is 69.0 Å². The predicted octanol–water partition coefficient (Wildman–Crippen LogP) is 2.11. The van der Waals surface area contributed by atoms with Gasteiger partial charge in [-0.2, -0.15) is 9.19 Å². The lowest BCUT2D eigenvalue weighted by molar-refractivity contribution is 0.112. The largest absolute Gasteiger partial charge is 0.298 e. The number of aromatic nitrogens is 2. The maximum absolute atomic E-state index is 12.5. The fourth-order valence-electron chi connectivity index (χ4n) is 1.82. The van der Waals surface area contributed by atoms with E-state index in [4.69, 9.17) is 0 Å². The highest BCUT2D eigenvalue weighted by atomic mass is 32.2. The molecule has 5 nitrogen and oxygen atoms in total. The lowest BCUT2D eigenvalue weighted by atomic mass is 10.1. The van der Waals surface area contributed by atoms with Crippen LogP contribution in [0.1, 0.15) is 26.7 Å². The minimum atomic E-state index is -3.78. The van der Waals surface area contributed by atoms with Crippen molar-refractivity contribution >= 4 is 16.3 Å². The Hall–Kier alpha value is -2.21. The first kappa shape index (κ1) is 14.2. The number of rotatable bonds is 5. The third-order valence-corrected chi connectivity index (χ3v) is 4.75. The first-order chi connectivity index (χ1) is 9.48. The minimum absolute atomic E-state index is 0.209. The Kier molecular flexibility index (Phi) is 3.85. The summed E-state index contributed by atoms with van der Waals surface area (Å²) in [6.45, 7) is 5.51. The summed E-state index contributed by atoms with van der Waals surface area (Å²) in [5, 5.41) is 2.81. The summed E-state index contributed by atoms with van der Waals surface area (Å²) in [6.07, 6.45) is 4.29. The zero-order chi connectivity index (χ0) is 14.8. The van der Waals surface area contributed by atoms with E-state index in [1.807, 2.05) is 19.1 Å². The Morgan fingerprint density at radius 3 is 2.45 bits per heavy atom. The Labute approximate surface area is 117 Å². The molecular formula is C14H14N2O3S. The molecule has 0 saturated heterocycles. The molecule has 1 heterocycles. The molecule has 20 heavy (non-hydrogen) atoms. The zero-order valence-electron chi connectivity index (χ0n) is 10.9. The fourth-order valence-corrected chi connectivity index (χ4v) is 3.24. The molecule has 0 fully saturated rings. The second-order valence-electron chi connectivity index (χ2n) is 4.38. The van der Waals surface area contributed by atoms with E-state index in [0.29, 0.717) is 11.8 Å². The van der Waals surface area contributed by atoms with Gasteiger partial charge in [-0.25, -0.2) is 8.42 Å². The number of carbonyl (C=O) groups excluding carboxylic acids is 1. The third kappa shape index (κ3) is 2.55. The maximum Gasteiger partial charge on any atom is 0.264 e. The molecule has 0 aliphatic heterocycles. The molecule has 1 unspecified atom stereocenters. The number of carbonyl (C=O) groups is 1. The van der Waals surface area contributed by atoms with Gasteiger partial charge in [0.1, 0.15) is 5.25 Å². The van der Waals surface area contributed by atoms with Gasteiger partial charge in [-0.3, -0.25) is 4.79 Å². The number of hydrogen-bond donors (Lipinski definition) is 0. The van der Waals surface area contributed by atoms with Crippen molar-refractivity contribution in [2.75, 3.05) is 0 Å². The molecule has 1 atom stereocenters. The molecule has 6 heteroatoms. The van der Waals surface area contributed by atoms with Gasteiger partial charge in [0, 0.05) is 0 Å². The lowest BCUT2D eigenvalue weighted by Crippen LogP contribution is -2.20. The number of aldehydes is 1. The third-order valence-electron chi connectivity index (χ3n) is 2.92. The second-order valence-corrected chi connectivity index (χ2v) is 6.29. The van der Waals surface area contributed by atoms with Crippen LogP contribution in [0.3, 0.4) is 0 Å². The van der Waals surface area contributed by atoms with Gasteiger partial charge in [-0.05, 0) is 12.5 Å². The number of nitrogens with zero attached hydrogens (tertiary/aromatic N) is 2. The van der Waals surface area contributed by atoms with Crippen molar-refractivity contribution in [2.45, 2.75) is 12.2 Å². The highest BCUT2D eigenvalue weighted by Gasteiger charge is 2.27. The highest BCUT2D eigenvalue weighted by molar-refractivity contribution is 7.90. The lowest BCUT2D eigenvalue weighted by Gasteiger charge is -2.14. The van der Waals surface area contributed by atoms with Crippen LogP contribution in [0, 0.1) is 6.92 Å². The summed E-state index contributed by atoms with van der Waals surface area (Å²) in [7, 11) is -3.78. The Morgan fingerprint density at radius 1 is 1.30 bits per heavy atom. The van der Waals surface area contributed by atoms with Gasteiger partial charge in [0.15, 0.2) is 6.29 Å². The average Bonchev–Trinajstić information content (AvgIpc) is 2.91. The predicted molar refractivity (Wildman–Crippen MR) is 76.0 cm³/mol. The second kappa shape index (κ2) is 5.42. The molecule has 0 radical (unpaired) electrons. The van der Waals surface area contributed by atoms with E-state index in [0.717, 1.165) is 9.65 Å². The summed E-state index contributed by atoms with van der Waals surface area (Å²) in [5.74, 6) is 0. The van der Waals surface area contributed by atoms with Crippen molar-refractivity contribution in [3.63, 3.8) is 0 Å². The highest BCUT2D eigenvalue weighted by Crippen LogP contribution is 2.25. The normalized spacial score (nSPS) is 12.8. The Bertz CT molecular complexity index is 730. The van der Waals surface area contributed by atoms with E-state index in [9.17, 15) is 13.2 Å². The van der Waals surface area contributed by atoms with Crippen molar-refractivity contribution < 1.29 is 13.2 Å². The van der Waals surface area contributed by atoms with Crippen LogP contribution in [0.2, 0.25) is 0 Å². The first-order valence-corrected chi connectivity index (χ1v) is 7.42. The summed E-state index contributed by atoms with van der Waals surface area (Å²) < 4.78 is 25.8. The summed E-state index contributed by atoms with van der Waals surface area (Å²) >= 11 is 0. The summed E-state index contributed by atoms with van der Waals surface area (Å²) in [4.78, 5) is 10.6. The zero-order valence-corrected chi connectivity index (χ0v) is 11.7. The van der Waals surface area contributed by atoms with Crippen LogP contribution in [-0.4, -0.2) is 23.9 Å². The fraction of sp³-hybridized carbons (Fsp3) is 0.143. The molecule has 1 aromatic carbocycles. The molecule has 0 amide bonds. The molecule has 0 bridgehead atoms. The average molecular weight is 290 g/mol. The molecule has 104 valence electrons. The number of hydrogen-bond acceptors (Lipinski definition) is 4. The molecular weight excluding hydrogens is 276 g/mol. The number of benzene rings is 1. The molecule has 0 N–H and O–H groups in total. The minimum Gasteiger partial charge on any atom is -0.298 e. The number of aryl methyl sites for hydroxylation is 1. The molecule has 0 aliphatic rings. The maximum atomic E-state index is 12.5. The van der Waals surface area contributed by atoms with Gasteiger partial charge in [-0.1, -0.05) is 35.9 Å². The molecule has 2 aromatic rings. The molecule has 0 aliphatic carbocycles. The van der Waals surface area contributed by atoms with Gasteiger partial charge < -0.3 is 0 Å². The summed E-state index contributed by atoms with van der Waals surface area (Å²) in [5.41, 5.74) is 1.85. The van der Waals surface area contributed by atoms with Gasteiger partial charge in [-0.15, -0.1) is 6.58 Å². The van der Waals surface area contributed by atoms with Crippen LogP contribution < -0.4 is 0 Å². The Balaban J connectivity index is 2.46. The van der Waals surface area contributed by atoms with Crippen LogP contribution in [0.25, 0.3) is 0 Å². The van der Waals surface area contributed by atoms with Gasteiger partial charge >= 0.3 is 0 Å². The van der Waals surface area contributed by atoms with Gasteiger partial charge in [0.25, 0.3) is 10.0 Å². The Morgan fingerprint density at radius 2 is 1.95 bits per heavy atom. The van der Waals surface area contributed by atoms with Crippen LogP contribution >= 0.6 is 0 Å². The van der Waals surface area contributed by atoms with E-state index < -0.39 is 15.3 Å². The molecule has 2 rings (SSSR count). The van der Waals surface area contributed by atoms with Crippen LogP contribution in [0.5, 0.6) is 0 Å². The van der Waals surface area contributed by atoms with E-state index in [2.05, 4.69) is 11.7 Å². The van der Waals surface area contributed by atoms with Gasteiger partial charge in [0.05, 0.1) is 18.0 Å². The summed E-state index contributed by atoms with van der Waals surface area (Å²) in [6, 6.07) is 7.15. The van der Waals surface area contributed by atoms with Crippen LogP contribution in [0.15, 0.2) is 49.3 Å². The van der Waals surface area contributed by atoms with Crippen molar-refractivity contribution in [1.82, 2.24) is 9.19 Å². The SMILES string of the molecule is C=CC(c1ccc(C)cc1)S(=O)(=O)n1cc(C=O)cn1. The quantitative estimate of drug-likeness (QED) is 0.624. The van der Waals surface area contributed by atoms with Gasteiger partial charge in [0.2, 0.25) is 0 Å². The van der Waals surface area contributed by atoms with Crippen molar-refractivity contribution in [1.29, 1.82) is 0 Å². The monoisotopic (exact) mass is 290 g/mol. The molecule has 1 aromatic heterocycles. The standard InChI is InChI=1S/C14H14N2O3S/c1-3-14(13-6-4-11(2)5-7-13)20(18,19)16-9-12(10-17)8-15-16/h3-10,14H,1H2,2H3. The van der Waals surface area contributed by atoms with Crippen molar-refractivity contribution in [3.05, 3.63) is 66.0 Å². The van der Waals surface area contributed by atoms with E-state index in [1.54, 1.807) is 12.1 Å². The molecule has 0 spiro atoms. The van der Waals surface area contributed by atoms with E-state index in [-0.39, 0.29) is 5.56 Å². The van der Waals surface area contributed by atoms with E-state index in [1.165, 1.54) is 18.5 Å². The van der Waals surface area contributed by atoms with Crippen molar-refractivity contribution in [3.8, 4) is 0 Å². The van der Waals surface area contributed by atoms with Crippen LogP contribution in [-0.2, 0) is 10.0 Å². The van der Waals surface area contributed by atoms with Crippen LogP contribution in [0.4, 0.5) is 0 Å². The smallest absolute Gasteiger partial charge is 0.264 e. The molecule has 0 saturated carbocycles. The first-order valence-electron chi connectivity index (χ1n) is 5.92. The van der Waals surface area contributed by atoms with E-state index >= 15 is 0 Å². The van der Waals surface area contributed by atoms with Crippen molar-refractivity contribution in [2.24, 2.45) is 0 Å².